The molecule has 1 saturated heterocycles. The number of oxime groups is 1. The van der Waals surface area contributed by atoms with Gasteiger partial charge >= 0.3 is 10.1 Å². The number of benzene rings is 1. The first-order chi connectivity index (χ1) is 10.9. The summed E-state index contributed by atoms with van der Waals surface area (Å²) >= 11 is 0. The lowest BCUT2D eigenvalue weighted by atomic mass is 10.1. The van der Waals surface area contributed by atoms with E-state index in [4.69, 9.17) is 5.26 Å². The number of carbonyl (C=O) groups is 1. The molecule has 1 aromatic rings. The molecular formula is C15H17N3O4S. The predicted octanol–water partition coefficient (Wildman–Crippen LogP) is 1.59. The van der Waals surface area contributed by atoms with E-state index < -0.39 is 21.7 Å². The summed E-state index contributed by atoms with van der Waals surface area (Å²) in [6.45, 7) is 2.88. The molecule has 2 rings (SSSR count). The third-order valence-corrected chi connectivity index (χ3v) is 4.61. The van der Waals surface area contributed by atoms with Crippen LogP contribution in [0.2, 0.25) is 0 Å². The minimum atomic E-state index is -4.16. The summed E-state index contributed by atoms with van der Waals surface area (Å²) < 4.78 is 28.5. The van der Waals surface area contributed by atoms with Crippen molar-refractivity contribution < 1.29 is 17.5 Å². The zero-order valence-corrected chi connectivity index (χ0v) is 13.5. The highest BCUT2D eigenvalue weighted by molar-refractivity contribution is 7.86. The van der Waals surface area contributed by atoms with Crippen molar-refractivity contribution in [1.82, 2.24) is 4.90 Å². The molecule has 1 heterocycles. The number of carbonyl (C=O) groups excluding carboxylic acids is 1. The Labute approximate surface area is 135 Å². The summed E-state index contributed by atoms with van der Waals surface area (Å²) in [7, 11) is -4.16. The van der Waals surface area contributed by atoms with E-state index in [2.05, 4.69) is 9.44 Å². The number of piperidine rings is 1. The summed E-state index contributed by atoms with van der Waals surface area (Å²) in [4.78, 5) is 13.5. The maximum absolute atomic E-state index is 12.1. The number of amides is 1. The number of nitriles is 1. The molecule has 0 aromatic heterocycles. The van der Waals surface area contributed by atoms with Crippen LogP contribution in [0.25, 0.3) is 0 Å². The van der Waals surface area contributed by atoms with Crippen molar-refractivity contribution in [3.8, 4) is 6.07 Å². The van der Waals surface area contributed by atoms with Gasteiger partial charge in [0, 0.05) is 13.1 Å². The topological polar surface area (TPSA) is 99.8 Å². The fourth-order valence-corrected chi connectivity index (χ4v) is 2.92. The van der Waals surface area contributed by atoms with Gasteiger partial charge in [0.05, 0.1) is 0 Å². The second-order valence-corrected chi connectivity index (χ2v) is 6.77. The Bertz CT molecular complexity index is 742. The summed E-state index contributed by atoms with van der Waals surface area (Å²) in [6, 6.07) is 7.58. The van der Waals surface area contributed by atoms with E-state index in [1.165, 1.54) is 17.0 Å². The van der Waals surface area contributed by atoms with E-state index >= 15 is 0 Å². The average molecular weight is 335 g/mol. The van der Waals surface area contributed by atoms with E-state index in [0.29, 0.717) is 13.1 Å². The lowest BCUT2D eigenvalue weighted by Crippen LogP contribution is -2.39. The molecule has 1 aliphatic rings. The highest BCUT2D eigenvalue weighted by Crippen LogP contribution is 2.14. The van der Waals surface area contributed by atoms with Crippen LogP contribution < -0.4 is 0 Å². The maximum atomic E-state index is 12.1. The van der Waals surface area contributed by atoms with E-state index in [0.717, 1.165) is 24.8 Å². The van der Waals surface area contributed by atoms with Gasteiger partial charge < -0.3 is 4.90 Å². The zero-order chi connectivity index (χ0) is 16.9. The molecule has 7 nitrogen and oxygen atoms in total. The first-order valence-electron chi connectivity index (χ1n) is 7.22. The fourth-order valence-electron chi connectivity index (χ4n) is 2.19. The molecule has 0 radical (unpaired) electrons. The Kier molecular flexibility index (Phi) is 5.34. The van der Waals surface area contributed by atoms with Crippen LogP contribution in [0, 0.1) is 18.3 Å². The SMILES string of the molecule is Cc1ccc(S(=O)(=O)O/N=C(\C#N)C(=O)N2CCCCC2)cc1. The van der Waals surface area contributed by atoms with E-state index in [9.17, 15) is 13.2 Å². The molecule has 8 heteroatoms. The first-order valence-corrected chi connectivity index (χ1v) is 8.62. The van der Waals surface area contributed by atoms with Crippen molar-refractivity contribution in [3.05, 3.63) is 29.8 Å². The third kappa shape index (κ3) is 4.29. The molecule has 122 valence electrons. The first kappa shape index (κ1) is 17.0. The van der Waals surface area contributed by atoms with Crippen molar-refractivity contribution in [2.24, 2.45) is 5.16 Å². The number of hydrogen-bond acceptors (Lipinski definition) is 6. The second-order valence-electron chi connectivity index (χ2n) is 5.25. The van der Waals surface area contributed by atoms with Gasteiger partial charge in [-0.15, -0.1) is 0 Å². The second kappa shape index (κ2) is 7.24. The minimum absolute atomic E-state index is 0.0884. The highest BCUT2D eigenvalue weighted by atomic mass is 32.2. The van der Waals surface area contributed by atoms with Crippen LogP contribution in [0.3, 0.4) is 0 Å². The largest absolute Gasteiger partial charge is 0.358 e. The molecule has 23 heavy (non-hydrogen) atoms. The van der Waals surface area contributed by atoms with Crippen molar-refractivity contribution in [2.75, 3.05) is 13.1 Å². The Balaban J connectivity index is 2.13. The van der Waals surface area contributed by atoms with Crippen molar-refractivity contribution in [1.29, 1.82) is 5.26 Å². The van der Waals surface area contributed by atoms with Crippen LogP contribution >= 0.6 is 0 Å². The lowest BCUT2D eigenvalue weighted by molar-refractivity contribution is -0.124. The number of nitrogens with zero attached hydrogens (tertiary/aromatic N) is 3. The molecule has 1 aliphatic heterocycles. The van der Waals surface area contributed by atoms with Crippen LogP contribution in [0.4, 0.5) is 0 Å². The Morgan fingerprint density at radius 1 is 1.22 bits per heavy atom. The van der Waals surface area contributed by atoms with Crippen LogP contribution in [0.1, 0.15) is 24.8 Å². The Hall–Kier alpha value is -2.40. The quantitative estimate of drug-likeness (QED) is 0.614. The molecule has 0 bridgehead atoms. The summed E-state index contributed by atoms with van der Waals surface area (Å²) in [6.07, 6.45) is 2.74. The van der Waals surface area contributed by atoms with Gasteiger partial charge in [0.2, 0.25) is 5.71 Å². The molecule has 0 N–H and O–H groups in total. The van der Waals surface area contributed by atoms with Gasteiger partial charge in [-0.25, -0.2) is 0 Å². The summed E-state index contributed by atoms with van der Waals surface area (Å²) in [5.74, 6) is -0.605. The van der Waals surface area contributed by atoms with E-state index in [-0.39, 0.29) is 4.90 Å². The molecule has 0 saturated carbocycles. The summed E-state index contributed by atoms with van der Waals surface area (Å²) in [5, 5.41) is 12.3. The summed E-state index contributed by atoms with van der Waals surface area (Å²) in [5.41, 5.74) is 0.327. The van der Waals surface area contributed by atoms with Gasteiger partial charge in [-0.3, -0.25) is 9.08 Å². The standard InChI is InChI=1S/C15H17N3O4S/c1-12-5-7-13(8-6-12)23(20,21)22-17-14(11-16)15(19)18-9-3-2-4-10-18/h5-8H,2-4,9-10H2,1H3/b17-14+. The van der Waals surface area contributed by atoms with Crippen molar-refractivity contribution in [3.63, 3.8) is 0 Å². The van der Waals surface area contributed by atoms with Gasteiger partial charge in [-0.05, 0) is 43.5 Å². The third-order valence-electron chi connectivity index (χ3n) is 3.49. The van der Waals surface area contributed by atoms with Crippen molar-refractivity contribution >= 4 is 21.7 Å². The van der Waals surface area contributed by atoms with Crippen LogP contribution in [0.5, 0.6) is 0 Å². The van der Waals surface area contributed by atoms with Crippen molar-refractivity contribution in [2.45, 2.75) is 31.1 Å². The van der Waals surface area contributed by atoms with E-state index in [1.54, 1.807) is 18.2 Å². The molecule has 1 amide bonds. The number of likely N-dealkylation sites (tertiary alicyclic amines) is 1. The highest BCUT2D eigenvalue weighted by Gasteiger charge is 2.24. The van der Waals surface area contributed by atoms with Gasteiger partial charge in [-0.1, -0.05) is 17.7 Å². The maximum Gasteiger partial charge on any atom is 0.358 e. The predicted molar refractivity (Wildman–Crippen MR) is 82.9 cm³/mol. The van der Waals surface area contributed by atoms with Gasteiger partial charge in [0.15, 0.2) is 0 Å². The smallest absolute Gasteiger partial charge is 0.337 e. The molecule has 0 atom stereocenters. The molecule has 1 aromatic carbocycles. The Morgan fingerprint density at radius 2 is 1.83 bits per heavy atom. The van der Waals surface area contributed by atoms with Gasteiger partial charge in [0.25, 0.3) is 5.91 Å². The van der Waals surface area contributed by atoms with Crippen LogP contribution in [-0.4, -0.2) is 38.0 Å². The number of rotatable bonds is 4. The molecular weight excluding hydrogens is 318 g/mol. The molecule has 0 aliphatic carbocycles. The monoisotopic (exact) mass is 335 g/mol. The van der Waals surface area contributed by atoms with Gasteiger partial charge in [0.1, 0.15) is 11.0 Å². The molecule has 0 spiro atoms. The minimum Gasteiger partial charge on any atom is -0.337 e. The number of aryl methyl sites for hydroxylation is 1. The van der Waals surface area contributed by atoms with Crippen LogP contribution in [0.15, 0.2) is 34.3 Å². The lowest BCUT2D eigenvalue weighted by Gasteiger charge is -2.25. The zero-order valence-electron chi connectivity index (χ0n) is 12.7. The molecule has 0 unspecified atom stereocenters. The molecule has 1 fully saturated rings. The Morgan fingerprint density at radius 3 is 2.39 bits per heavy atom. The van der Waals surface area contributed by atoms with Gasteiger partial charge in [-0.2, -0.15) is 13.7 Å². The normalized spacial score (nSPS) is 15.8. The fraction of sp³-hybridized carbons (Fsp3) is 0.400. The average Bonchev–Trinajstić information content (AvgIpc) is 2.56. The van der Waals surface area contributed by atoms with E-state index in [1.807, 2.05) is 6.92 Å². The number of hydrogen-bond donors (Lipinski definition) is 0. The van der Waals surface area contributed by atoms with Crippen LogP contribution in [-0.2, 0) is 19.2 Å².